The molecule has 2 rings (SSSR count). The van der Waals surface area contributed by atoms with Crippen molar-refractivity contribution in [3.63, 3.8) is 0 Å². The van der Waals surface area contributed by atoms with Gasteiger partial charge < -0.3 is 9.80 Å². The highest BCUT2D eigenvalue weighted by atomic mass is 79.9. The first-order valence-corrected chi connectivity index (χ1v) is 6.10. The van der Waals surface area contributed by atoms with Crippen molar-refractivity contribution < 1.29 is 0 Å². The van der Waals surface area contributed by atoms with Crippen molar-refractivity contribution in [2.24, 2.45) is 0 Å². The average molecular weight is 270 g/mol. The van der Waals surface area contributed by atoms with E-state index < -0.39 is 0 Å². The van der Waals surface area contributed by atoms with Crippen LogP contribution in [0.4, 0.5) is 5.82 Å². The minimum Gasteiger partial charge on any atom is -0.354 e. The molecule has 1 aromatic rings. The van der Waals surface area contributed by atoms with E-state index in [0.29, 0.717) is 0 Å². The lowest BCUT2D eigenvalue weighted by Crippen LogP contribution is -2.29. The normalized spacial score (nSPS) is 18.9. The first-order chi connectivity index (χ1) is 7.27. The fraction of sp³-hybridized carbons (Fsp3) is 0.545. The highest BCUT2D eigenvalue weighted by Gasteiger charge is 2.15. The van der Waals surface area contributed by atoms with E-state index in [1.165, 1.54) is 13.0 Å². The lowest BCUT2D eigenvalue weighted by molar-refractivity contribution is 0.360. The molecule has 1 aliphatic heterocycles. The van der Waals surface area contributed by atoms with E-state index in [-0.39, 0.29) is 0 Å². The summed E-state index contributed by atoms with van der Waals surface area (Å²) in [5.74, 6) is 1.08. The number of anilines is 1. The van der Waals surface area contributed by atoms with Gasteiger partial charge in [0.2, 0.25) is 0 Å². The molecule has 2 heterocycles. The van der Waals surface area contributed by atoms with Crippen LogP contribution in [0.15, 0.2) is 22.8 Å². The molecule has 4 heteroatoms. The Morgan fingerprint density at radius 2 is 2.13 bits per heavy atom. The molecular weight excluding hydrogens is 254 g/mol. The SMILES string of the molecule is CN1CCCN(c2ncccc2Br)CC1. The average Bonchev–Trinajstić information content (AvgIpc) is 2.44. The molecule has 15 heavy (non-hydrogen) atoms. The monoisotopic (exact) mass is 269 g/mol. The predicted molar refractivity (Wildman–Crippen MR) is 66.3 cm³/mol. The number of aromatic nitrogens is 1. The maximum absolute atomic E-state index is 4.43. The zero-order valence-corrected chi connectivity index (χ0v) is 10.6. The molecule has 0 saturated carbocycles. The minimum atomic E-state index is 1.06. The standard InChI is InChI=1S/C11H16BrN3/c1-14-6-3-7-15(9-8-14)11-10(12)4-2-5-13-11/h2,4-5H,3,6-9H2,1H3. The van der Waals surface area contributed by atoms with Gasteiger partial charge in [-0.2, -0.15) is 0 Å². The Balaban J connectivity index is 2.13. The quantitative estimate of drug-likeness (QED) is 0.778. The van der Waals surface area contributed by atoms with E-state index >= 15 is 0 Å². The molecule has 0 bridgehead atoms. The van der Waals surface area contributed by atoms with E-state index in [1.54, 1.807) is 0 Å². The first-order valence-electron chi connectivity index (χ1n) is 5.31. The summed E-state index contributed by atoms with van der Waals surface area (Å²) >= 11 is 3.55. The van der Waals surface area contributed by atoms with Crippen molar-refractivity contribution in [1.82, 2.24) is 9.88 Å². The fourth-order valence-corrected chi connectivity index (χ4v) is 2.37. The molecule has 1 fully saturated rings. The lowest BCUT2D eigenvalue weighted by Gasteiger charge is -2.22. The van der Waals surface area contributed by atoms with Crippen LogP contribution in [0.2, 0.25) is 0 Å². The van der Waals surface area contributed by atoms with Gasteiger partial charge in [-0.3, -0.25) is 0 Å². The molecule has 1 aliphatic rings. The number of pyridine rings is 1. The third-order valence-electron chi connectivity index (χ3n) is 2.76. The largest absolute Gasteiger partial charge is 0.354 e. The van der Waals surface area contributed by atoms with Crippen molar-refractivity contribution in [3.05, 3.63) is 22.8 Å². The molecule has 0 atom stereocenters. The molecule has 0 unspecified atom stereocenters. The van der Waals surface area contributed by atoms with Gasteiger partial charge in [-0.1, -0.05) is 0 Å². The van der Waals surface area contributed by atoms with E-state index in [4.69, 9.17) is 0 Å². The summed E-state index contributed by atoms with van der Waals surface area (Å²) in [6, 6.07) is 4.01. The van der Waals surface area contributed by atoms with Crippen molar-refractivity contribution >= 4 is 21.7 Å². The second kappa shape index (κ2) is 4.94. The molecule has 1 saturated heterocycles. The van der Waals surface area contributed by atoms with Crippen molar-refractivity contribution in [2.45, 2.75) is 6.42 Å². The molecule has 0 spiro atoms. The summed E-state index contributed by atoms with van der Waals surface area (Å²) < 4.78 is 1.09. The number of rotatable bonds is 1. The van der Waals surface area contributed by atoms with Gasteiger partial charge in [-0.15, -0.1) is 0 Å². The predicted octanol–water partition coefficient (Wildman–Crippen LogP) is 1.99. The Labute approximate surface area is 99.2 Å². The Morgan fingerprint density at radius 3 is 2.93 bits per heavy atom. The second-order valence-corrected chi connectivity index (χ2v) is 4.81. The number of likely N-dealkylation sites (N-methyl/N-ethyl adjacent to an activating group) is 1. The zero-order chi connectivity index (χ0) is 10.7. The van der Waals surface area contributed by atoms with Gasteiger partial charge in [-0.25, -0.2) is 4.98 Å². The Bertz CT molecular complexity index is 329. The molecule has 82 valence electrons. The van der Waals surface area contributed by atoms with Crippen LogP contribution < -0.4 is 4.90 Å². The molecule has 1 aromatic heterocycles. The Hall–Kier alpha value is -0.610. The van der Waals surface area contributed by atoms with E-state index in [0.717, 1.165) is 29.9 Å². The van der Waals surface area contributed by atoms with E-state index in [9.17, 15) is 0 Å². The number of nitrogens with zero attached hydrogens (tertiary/aromatic N) is 3. The molecule has 0 radical (unpaired) electrons. The molecule has 3 nitrogen and oxygen atoms in total. The number of hydrogen-bond acceptors (Lipinski definition) is 3. The van der Waals surface area contributed by atoms with Gasteiger partial charge in [0.15, 0.2) is 0 Å². The fourth-order valence-electron chi connectivity index (χ4n) is 1.87. The van der Waals surface area contributed by atoms with Crippen LogP contribution >= 0.6 is 15.9 Å². The van der Waals surface area contributed by atoms with Crippen molar-refractivity contribution in [1.29, 1.82) is 0 Å². The van der Waals surface area contributed by atoms with Gasteiger partial charge in [-0.05, 0) is 48.1 Å². The van der Waals surface area contributed by atoms with Crippen LogP contribution in [0.5, 0.6) is 0 Å². The van der Waals surface area contributed by atoms with Crippen molar-refractivity contribution in [3.8, 4) is 0 Å². The van der Waals surface area contributed by atoms with Crippen molar-refractivity contribution in [2.75, 3.05) is 38.1 Å². The number of hydrogen-bond donors (Lipinski definition) is 0. The van der Waals surface area contributed by atoms with Gasteiger partial charge in [0.05, 0.1) is 4.47 Å². The highest BCUT2D eigenvalue weighted by molar-refractivity contribution is 9.10. The maximum Gasteiger partial charge on any atom is 0.142 e. The van der Waals surface area contributed by atoms with Crippen LogP contribution in [-0.4, -0.2) is 43.1 Å². The molecule has 0 aliphatic carbocycles. The van der Waals surface area contributed by atoms with E-state index in [2.05, 4.69) is 43.8 Å². The Kier molecular flexibility index (Phi) is 3.59. The highest BCUT2D eigenvalue weighted by Crippen LogP contribution is 2.23. The summed E-state index contributed by atoms with van der Waals surface area (Å²) in [4.78, 5) is 9.16. The molecule has 0 amide bonds. The van der Waals surface area contributed by atoms with Crippen LogP contribution in [0.25, 0.3) is 0 Å². The third kappa shape index (κ3) is 2.69. The smallest absolute Gasteiger partial charge is 0.142 e. The maximum atomic E-state index is 4.43. The summed E-state index contributed by atoms with van der Waals surface area (Å²) in [5.41, 5.74) is 0. The second-order valence-electron chi connectivity index (χ2n) is 3.95. The third-order valence-corrected chi connectivity index (χ3v) is 3.38. The first kappa shape index (κ1) is 10.9. The topological polar surface area (TPSA) is 19.4 Å². The lowest BCUT2D eigenvalue weighted by atomic mass is 10.3. The summed E-state index contributed by atoms with van der Waals surface area (Å²) in [6.07, 6.45) is 3.06. The van der Waals surface area contributed by atoms with Crippen LogP contribution in [-0.2, 0) is 0 Å². The van der Waals surface area contributed by atoms with Crippen LogP contribution in [0, 0.1) is 0 Å². The van der Waals surface area contributed by atoms with E-state index in [1.807, 2.05) is 12.3 Å². The van der Waals surface area contributed by atoms with Gasteiger partial charge in [0.25, 0.3) is 0 Å². The molecule has 0 N–H and O–H groups in total. The molecular formula is C11H16BrN3. The molecule has 0 aromatic carbocycles. The number of halogens is 1. The summed E-state index contributed by atoms with van der Waals surface area (Å²) in [5, 5.41) is 0. The zero-order valence-electron chi connectivity index (χ0n) is 8.99. The Morgan fingerprint density at radius 1 is 1.27 bits per heavy atom. The summed E-state index contributed by atoms with van der Waals surface area (Å²) in [6.45, 7) is 4.45. The van der Waals surface area contributed by atoms with Gasteiger partial charge in [0.1, 0.15) is 5.82 Å². The summed E-state index contributed by atoms with van der Waals surface area (Å²) in [7, 11) is 2.18. The van der Waals surface area contributed by atoms with Gasteiger partial charge >= 0.3 is 0 Å². The minimum absolute atomic E-state index is 1.06. The van der Waals surface area contributed by atoms with Gasteiger partial charge in [0, 0.05) is 25.8 Å². The van der Waals surface area contributed by atoms with Crippen LogP contribution in [0.1, 0.15) is 6.42 Å². The van der Waals surface area contributed by atoms with Crippen LogP contribution in [0.3, 0.4) is 0 Å².